The Hall–Kier alpha value is -1.89. The van der Waals surface area contributed by atoms with Crippen molar-refractivity contribution >= 4 is 22.5 Å². The van der Waals surface area contributed by atoms with Crippen molar-refractivity contribution in [1.82, 2.24) is 5.32 Å². The van der Waals surface area contributed by atoms with Crippen LogP contribution >= 0.6 is 0 Å². The van der Waals surface area contributed by atoms with E-state index in [1.807, 2.05) is 6.07 Å². The summed E-state index contributed by atoms with van der Waals surface area (Å²) in [4.78, 5) is 24.5. The number of methoxy groups -OCH3 is 2. The van der Waals surface area contributed by atoms with Crippen LogP contribution in [0.4, 0.5) is 0 Å². The zero-order chi connectivity index (χ0) is 17.9. The van der Waals surface area contributed by atoms with E-state index in [1.165, 1.54) is 13.2 Å². The van der Waals surface area contributed by atoms with Gasteiger partial charge in [0.05, 0.1) is 20.0 Å². The molecule has 0 fully saturated rings. The molecule has 0 saturated heterocycles. The first-order valence-corrected chi connectivity index (χ1v) is 9.40. The van der Waals surface area contributed by atoms with Crippen molar-refractivity contribution in [2.24, 2.45) is 0 Å². The fraction of sp³-hybridized carbons (Fsp3) is 0.529. The molecule has 1 aromatic carbocycles. The fourth-order valence-electron chi connectivity index (χ4n) is 3.30. The molecule has 24 heavy (non-hydrogen) atoms. The van der Waals surface area contributed by atoms with Crippen molar-refractivity contribution < 1.29 is 23.3 Å². The van der Waals surface area contributed by atoms with Crippen molar-refractivity contribution in [3.8, 4) is 11.5 Å². The molecule has 1 amide bonds. The lowest BCUT2D eigenvalue weighted by molar-refractivity contribution is -0.130. The smallest absolute Gasteiger partial charge is 0.217 e. The summed E-state index contributed by atoms with van der Waals surface area (Å²) in [5.74, 6) is 0.825. The molecule has 1 aliphatic carbocycles. The minimum atomic E-state index is -1.27. The van der Waals surface area contributed by atoms with E-state index >= 15 is 0 Å². The van der Waals surface area contributed by atoms with E-state index in [2.05, 4.69) is 5.32 Å². The quantitative estimate of drug-likeness (QED) is 0.826. The molecule has 1 aliphatic rings. The highest BCUT2D eigenvalue weighted by molar-refractivity contribution is 7.85. The Morgan fingerprint density at radius 2 is 1.79 bits per heavy atom. The molecule has 0 aromatic heterocycles. The number of carbonyl (C=O) groups excluding carboxylic acids is 2. The van der Waals surface area contributed by atoms with E-state index in [9.17, 15) is 13.8 Å². The molecule has 7 heteroatoms. The van der Waals surface area contributed by atoms with Crippen LogP contribution in [0.1, 0.15) is 24.5 Å². The second kappa shape index (κ2) is 7.34. The molecule has 0 bridgehead atoms. The highest BCUT2D eigenvalue weighted by Crippen LogP contribution is 2.40. The number of amides is 1. The lowest BCUT2D eigenvalue weighted by Crippen LogP contribution is -2.58. The molecular formula is C17H23NO5S. The number of carbonyl (C=O) groups is 2. The minimum absolute atomic E-state index is 0.0815. The van der Waals surface area contributed by atoms with E-state index in [0.717, 1.165) is 16.9 Å². The summed E-state index contributed by atoms with van der Waals surface area (Å²) >= 11 is 0. The van der Waals surface area contributed by atoms with Gasteiger partial charge in [-0.05, 0) is 25.0 Å². The van der Waals surface area contributed by atoms with Gasteiger partial charge in [0.1, 0.15) is 17.0 Å². The third kappa shape index (κ3) is 3.61. The second-order valence-electron chi connectivity index (χ2n) is 6.01. The Labute approximate surface area is 144 Å². The maximum atomic E-state index is 12.8. The summed E-state index contributed by atoms with van der Waals surface area (Å²) in [5.41, 5.74) is 0.791. The number of hydrogen-bond acceptors (Lipinski definition) is 5. The summed E-state index contributed by atoms with van der Waals surface area (Å²) in [5, 5.41) is 2.81. The SMILES string of the molecule is COc1ccc(OC)c2c1CC[C@](NC(C)=O)(C(=O)C[S@](C)=O)C2. The highest BCUT2D eigenvalue weighted by atomic mass is 32.2. The van der Waals surface area contributed by atoms with Gasteiger partial charge < -0.3 is 14.8 Å². The van der Waals surface area contributed by atoms with Gasteiger partial charge >= 0.3 is 0 Å². The Morgan fingerprint density at radius 1 is 1.21 bits per heavy atom. The van der Waals surface area contributed by atoms with Crippen molar-refractivity contribution in [2.75, 3.05) is 26.2 Å². The third-order valence-corrected chi connectivity index (χ3v) is 5.02. The van der Waals surface area contributed by atoms with Gasteiger partial charge in [0, 0.05) is 41.5 Å². The summed E-state index contributed by atoms with van der Waals surface area (Å²) in [6, 6.07) is 3.63. The van der Waals surface area contributed by atoms with Gasteiger partial charge in [-0.3, -0.25) is 13.8 Å². The molecule has 0 unspecified atom stereocenters. The molecule has 0 heterocycles. The van der Waals surface area contributed by atoms with E-state index in [4.69, 9.17) is 9.47 Å². The van der Waals surface area contributed by atoms with Crippen LogP contribution in [0.5, 0.6) is 11.5 Å². The van der Waals surface area contributed by atoms with Gasteiger partial charge in [-0.1, -0.05) is 0 Å². The van der Waals surface area contributed by atoms with Crippen LogP contribution in [0, 0.1) is 0 Å². The lowest BCUT2D eigenvalue weighted by Gasteiger charge is -2.38. The predicted octanol–water partition coefficient (Wildman–Crippen LogP) is 1.01. The first kappa shape index (κ1) is 18.4. The number of benzene rings is 1. The van der Waals surface area contributed by atoms with E-state index < -0.39 is 16.3 Å². The molecule has 2 rings (SSSR count). The second-order valence-corrected chi connectivity index (χ2v) is 7.44. The Balaban J connectivity index is 2.50. The summed E-state index contributed by atoms with van der Waals surface area (Å²) in [6.45, 7) is 1.39. The minimum Gasteiger partial charge on any atom is -0.496 e. The number of ether oxygens (including phenoxy) is 2. The first-order chi connectivity index (χ1) is 11.3. The van der Waals surface area contributed by atoms with Crippen molar-refractivity contribution in [2.45, 2.75) is 31.7 Å². The van der Waals surface area contributed by atoms with Gasteiger partial charge in [-0.2, -0.15) is 0 Å². The molecule has 0 spiro atoms. The molecular weight excluding hydrogens is 330 g/mol. The molecule has 0 radical (unpaired) electrons. The number of rotatable bonds is 6. The largest absolute Gasteiger partial charge is 0.496 e. The van der Waals surface area contributed by atoms with Crippen LogP contribution in [0.3, 0.4) is 0 Å². The normalized spacial score (nSPS) is 20.7. The number of ketones is 1. The predicted molar refractivity (Wildman–Crippen MR) is 92.1 cm³/mol. The molecule has 2 atom stereocenters. The monoisotopic (exact) mass is 353 g/mol. The first-order valence-electron chi connectivity index (χ1n) is 7.68. The average molecular weight is 353 g/mol. The van der Waals surface area contributed by atoms with Gasteiger partial charge in [-0.15, -0.1) is 0 Å². The Bertz CT molecular complexity index is 688. The topological polar surface area (TPSA) is 81.7 Å². The van der Waals surface area contributed by atoms with Crippen molar-refractivity contribution in [3.05, 3.63) is 23.3 Å². The molecule has 1 N–H and O–H groups in total. The molecule has 0 saturated carbocycles. The van der Waals surface area contributed by atoms with Gasteiger partial charge in [-0.25, -0.2) is 0 Å². The van der Waals surface area contributed by atoms with Crippen molar-refractivity contribution in [3.63, 3.8) is 0 Å². The maximum Gasteiger partial charge on any atom is 0.217 e. The highest BCUT2D eigenvalue weighted by Gasteiger charge is 2.43. The van der Waals surface area contributed by atoms with E-state index in [1.54, 1.807) is 20.3 Å². The van der Waals surface area contributed by atoms with Gasteiger partial charge in [0.2, 0.25) is 5.91 Å². The van der Waals surface area contributed by atoms with Crippen LogP contribution in [-0.2, 0) is 33.2 Å². The van der Waals surface area contributed by atoms with E-state index in [-0.39, 0.29) is 17.4 Å². The number of fused-ring (bicyclic) bond motifs is 1. The van der Waals surface area contributed by atoms with Gasteiger partial charge in [0.25, 0.3) is 0 Å². The number of hydrogen-bond donors (Lipinski definition) is 1. The van der Waals surface area contributed by atoms with Crippen LogP contribution < -0.4 is 14.8 Å². The average Bonchev–Trinajstić information content (AvgIpc) is 2.52. The molecule has 1 aromatic rings. The molecule has 6 nitrogen and oxygen atoms in total. The standard InChI is InChI=1S/C17H23NO5S/c1-11(19)18-17(16(20)10-24(4)21)8-7-12-13(9-17)15(23-3)6-5-14(12)22-2/h5-6H,7-10H2,1-4H3,(H,18,19)/t17-,24+/m1/s1. The van der Waals surface area contributed by atoms with Crippen LogP contribution in [0.15, 0.2) is 12.1 Å². The van der Waals surface area contributed by atoms with Crippen LogP contribution in [0.2, 0.25) is 0 Å². The Morgan fingerprint density at radius 3 is 2.29 bits per heavy atom. The fourth-order valence-corrected chi connectivity index (χ4v) is 3.95. The number of nitrogens with one attached hydrogen (secondary N) is 1. The third-order valence-electron chi connectivity index (χ3n) is 4.35. The van der Waals surface area contributed by atoms with Crippen molar-refractivity contribution in [1.29, 1.82) is 0 Å². The summed E-state index contributed by atoms with van der Waals surface area (Å²) in [7, 11) is 1.90. The summed E-state index contributed by atoms with van der Waals surface area (Å²) < 4.78 is 22.4. The maximum absolute atomic E-state index is 12.8. The number of Topliss-reactive ketones (excluding diaryl/α,β-unsaturated/α-hetero) is 1. The molecule has 0 aliphatic heterocycles. The van der Waals surface area contributed by atoms with Crippen LogP contribution in [0.25, 0.3) is 0 Å². The van der Waals surface area contributed by atoms with Crippen LogP contribution in [-0.4, -0.2) is 47.7 Å². The van der Waals surface area contributed by atoms with Gasteiger partial charge in [0.15, 0.2) is 5.78 Å². The lowest BCUT2D eigenvalue weighted by atomic mass is 9.75. The zero-order valence-corrected chi connectivity index (χ0v) is 15.2. The molecule has 132 valence electrons. The summed E-state index contributed by atoms with van der Waals surface area (Å²) in [6.07, 6.45) is 2.80. The van der Waals surface area contributed by atoms with E-state index in [0.29, 0.717) is 25.0 Å². The Kier molecular flexibility index (Phi) is 5.64. The zero-order valence-electron chi connectivity index (χ0n) is 14.4.